The Morgan fingerprint density at radius 1 is 1.08 bits per heavy atom. The van der Waals surface area contributed by atoms with Crippen molar-refractivity contribution in [2.75, 3.05) is 6.54 Å². The van der Waals surface area contributed by atoms with Gasteiger partial charge in [-0.15, -0.1) is 0 Å². The number of nitrogens with one attached hydrogen (secondary N) is 2. The quantitative estimate of drug-likeness (QED) is 0.733. The number of alkyl carbamates (subject to hydrolysis) is 1. The summed E-state index contributed by atoms with van der Waals surface area (Å²) in [6, 6.07) is 10.3. The lowest BCUT2D eigenvalue weighted by Crippen LogP contribution is -2.52. The molecule has 0 saturated heterocycles. The van der Waals surface area contributed by atoms with Crippen LogP contribution in [0.1, 0.15) is 59.9 Å². The van der Waals surface area contributed by atoms with Gasteiger partial charge in [0.2, 0.25) is 5.91 Å². The van der Waals surface area contributed by atoms with E-state index in [2.05, 4.69) is 29.7 Å². The molecule has 0 aliphatic rings. The summed E-state index contributed by atoms with van der Waals surface area (Å²) >= 11 is 0. The molecule has 0 saturated carbocycles. The van der Waals surface area contributed by atoms with Crippen molar-refractivity contribution in [2.24, 2.45) is 5.92 Å². The maximum atomic E-state index is 12.3. The standard InChI is InChI=1S/C21H34N2O3/c1-16(12-13-17-10-8-7-9-11-17)14-18(24)23-21(5,6)15-22-19(25)26-20(2,3)4/h7-11,16H,12-15H2,1-6H3,(H,22,25)(H,23,24). The van der Waals surface area contributed by atoms with Crippen LogP contribution in [0.5, 0.6) is 0 Å². The average molecular weight is 363 g/mol. The predicted octanol–water partition coefficient (Wildman–Crippen LogP) is 4.06. The molecular formula is C21H34N2O3. The van der Waals surface area contributed by atoms with Crippen LogP contribution in [0.15, 0.2) is 30.3 Å². The van der Waals surface area contributed by atoms with Gasteiger partial charge in [-0.2, -0.15) is 0 Å². The van der Waals surface area contributed by atoms with Crippen LogP contribution in [0.4, 0.5) is 4.79 Å². The van der Waals surface area contributed by atoms with Crippen LogP contribution in [0.2, 0.25) is 0 Å². The third-order valence-electron chi connectivity index (χ3n) is 3.85. The minimum Gasteiger partial charge on any atom is -0.444 e. The van der Waals surface area contributed by atoms with Gasteiger partial charge in [-0.3, -0.25) is 4.79 Å². The number of carbonyl (C=O) groups is 2. The van der Waals surface area contributed by atoms with Crippen LogP contribution < -0.4 is 10.6 Å². The number of benzene rings is 1. The highest BCUT2D eigenvalue weighted by Gasteiger charge is 2.24. The van der Waals surface area contributed by atoms with Crippen molar-refractivity contribution < 1.29 is 14.3 Å². The summed E-state index contributed by atoms with van der Waals surface area (Å²) in [5.74, 6) is 0.298. The Morgan fingerprint density at radius 2 is 1.69 bits per heavy atom. The van der Waals surface area contributed by atoms with Crippen molar-refractivity contribution in [3.8, 4) is 0 Å². The summed E-state index contributed by atoms with van der Waals surface area (Å²) in [6.07, 6.45) is 1.94. The number of hydrogen-bond acceptors (Lipinski definition) is 3. The van der Waals surface area contributed by atoms with Crippen molar-refractivity contribution in [3.05, 3.63) is 35.9 Å². The molecule has 2 N–H and O–H groups in total. The Kier molecular flexibility index (Phi) is 8.12. The molecule has 0 aliphatic heterocycles. The molecule has 0 radical (unpaired) electrons. The van der Waals surface area contributed by atoms with Gasteiger partial charge in [0, 0.05) is 13.0 Å². The number of rotatable bonds is 8. The van der Waals surface area contributed by atoms with E-state index in [9.17, 15) is 9.59 Å². The molecule has 1 unspecified atom stereocenters. The van der Waals surface area contributed by atoms with E-state index >= 15 is 0 Å². The van der Waals surface area contributed by atoms with Gasteiger partial charge in [-0.1, -0.05) is 37.3 Å². The molecule has 1 rings (SSSR count). The van der Waals surface area contributed by atoms with Crippen LogP contribution in [0.3, 0.4) is 0 Å². The smallest absolute Gasteiger partial charge is 0.407 e. The first kappa shape index (κ1) is 22.0. The number of ether oxygens (including phenoxy) is 1. The van der Waals surface area contributed by atoms with E-state index in [0.717, 1.165) is 12.8 Å². The Balaban J connectivity index is 2.34. The highest BCUT2D eigenvalue weighted by molar-refractivity contribution is 5.77. The van der Waals surface area contributed by atoms with Gasteiger partial charge in [0.1, 0.15) is 5.60 Å². The summed E-state index contributed by atoms with van der Waals surface area (Å²) in [7, 11) is 0. The molecule has 1 atom stereocenters. The van der Waals surface area contributed by atoms with E-state index in [1.54, 1.807) is 0 Å². The second kappa shape index (κ2) is 9.60. The minimum absolute atomic E-state index is 0.00144. The number of carbonyl (C=O) groups excluding carboxylic acids is 2. The SMILES string of the molecule is CC(CCc1ccccc1)CC(=O)NC(C)(C)CNC(=O)OC(C)(C)C. The fraction of sp³-hybridized carbons (Fsp3) is 0.619. The third kappa shape index (κ3) is 10.1. The topological polar surface area (TPSA) is 67.4 Å². The summed E-state index contributed by atoms with van der Waals surface area (Å²) in [5, 5.41) is 5.70. The first-order valence-electron chi connectivity index (χ1n) is 9.29. The van der Waals surface area contributed by atoms with Gasteiger partial charge in [-0.25, -0.2) is 4.79 Å². The summed E-state index contributed by atoms with van der Waals surface area (Å²) in [4.78, 5) is 24.0. The average Bonchev–Trinajstić information content (AvgIpc) is 2.50. The minimum atomic E-state index is -0.536. The Hall–Kier alpha value is -2.04. The Labute approximate surface area is 157 Å². The maximum Gasteiger partial charge on any atom is 0.407 e. The molecular weight excluding hydrogens is 328 g/mol. The van der Waals surface area contributed by atoms with E-state index < -0.39 is 17.2 Å². The Bertz CT molecular complexity index is 577. The van der Waals surface area contributed by atoms with Crippen molar-refractivity contribution in [2.45, 2.75) is 71.9 Å². The normalized spacial score (nSPS) is 13.0. The summed E-state index contributed by atoms with van der Waals surface area (Å²) < 4.78 is 5.21. The molecule has 5 heteroatoms. The molecule has 26 heavy (non-hydrogen) atoms. The largest absolute Gasteiger partial charge is 0.444 e. The third-order valence-corrected chi connectivity index (χ3v) is 3.85. The summed E-state index contributed by atoms with van der Waals surface area (Å²) in [5.41, 5.74) is 0.223. The molecule has 0 bridgehead atoms. The fourth-order valence-electron chi connectivity index (χ4n) is 2.56. The molecule has 1 aromatic rings. The molecule has 0 heterocycles. The monoisotopic (exact) mass is 362 g/mol. The zero-order chi connectivity index (χ0) is 19.8. The van der Waals surface area contributed by atoms with Gasteiger partial charge in [0.25, 0.3) is 0 Å². The zero-order valence-electron chi connectivity index (χ0n) is 17.0. The van der Waals surface area contributed by atoms with Crippen molar-refractivity contribution in [1.29, 1.82) is 0 Å². The molecule has 0 spiro atoms. The van der Waals surface area contributed by atoms with Gasteiger partial charge >= 0.3 is 6.09 Å². The van der Waals surface area contributed by atoms with E-state index in [1.807, 2.05) is 52.8 Å². The molecule has 146 valence electrons. The maximum absolute atomic E-state index is 12.3. The Morgan fingerprint density at radius 3 is 2.27 bits per heavy atom. The van der Waals surface area contributed by atoms with Crippen molar-refractivity contribution >= 4 is 12.0 Å². The second-order valence-corrected chi connectivity index (χ2v) is 8.62. The molecule has 5 nitrogen and oxygen atoms in total. The molecule has 0 aliphatic carbocycles. The van der Waals surface area contributed by atoms with E-state index in [0.29, 0.717) is 18.9 Å². The highest BCUT2D eigenvalue weighted by Crippen LogP contribution is 2.14. The highest BCUT2D eigenvalue weighted by atomic mass is 16.6. The predicted molar refractivity (Wildman–Crippen MR) is 105 cm³/mol. The fourth-order valence-corrected chi connectivity index (χ4v) is 2.56. The van der Waals surface area contributed by atoms with Gasteiger partial charge < -0.3 is 15.4 Å². The van der Waals surface area contributed by atoms with Crippen LogP contribution in [0.25, 0.3) is 0 Å². The molecule has 0 aromatic heterocycles. The number of aryl methyl sites for hydroxylation is 1. The van der Waals surface area contributed by atoms with Crippen LogP contribution in [-0.2, 0) is 16.0 Å². The molecule has 0 fully saturated rings. The van der Waals surface area contributed by atoms with Crippen LogP contribution >= 0.6 is 0 Å². The van der Waals surface area contributed by atoms with Gasteiger partial charge in [0.15, 0.2) is 0 Å². The van der Waals surface area contributed by atoms with E-state index in [4.69, 9.17) is 4.74 Å². The molecule has 1 aromatic carbocycles. The lowest BCUT2D eigenvalue weighted by molar-refractivity contribution is -0.123. The number of hydrogen-bond donors (Lipinski definition) is 2. The first-order chi connectivity index (χ1) is 12.0. The van der Waals surface area contributed by atoms with Crippen molar-refractivity contribution in [1.82, 2.24) is 10.6 Å². The van der Waals surface area contributed by atoms with Gasteiger partial charge in [-0.05, 0) is 58.9 Å². The van der Waals surface area contributed by atoms with E-state index in [1.165, 1.54) is 5.56 Å². The van der Waals surface area contributed by atoms with Gasteiger partial charge in [0.05, 0.1) is 5.54 Å². The van der Waals surface area contributed by atoms with Crippen molar-refractivity contribution in [3.63, 3.8) is 0 Å². The van der Waals surface area contributed by atoms with E-state index in [-0.39, 0.29) is 5.91 Å². The summed E-state index contributed by atoms with van der Waals surface area (Å²) in [6.45, 7) is 11.6. The first-order valence-corrected chi connectivity index (χ1v) is 9.29. The second-order valence-electron chi connectivity index (χ2n) is 8.62. The lowest BCUT2D eigenvalue weighted by Gasteiger charge is -2.28. The lowest BCUT2D eigenvalue weighted by atomic mass is 9.97. The molecule has 2 amide bonds. The number of amides is 2. The zero-order valence-corrected chi connectivity index (χ0v) is 17.0. The van der Waals surface area contributed by atoms with Crippen LogP contribution in [-0.4, -0.2) is 29.7 Å². The van der Waals surface area contributed by atoms with Crippen LogP contribution in [0, 0.1) is 5.92 Å².